The van der Waals surface area contributed by atoms with Crippen molar-refractivity contribution in [3.05, 3.63) is 40.3 Å². The maximum absolute atomic E-state index is 12.4. The predicted molar refractivity (Wildman–Crippen MR) is 76.4 cm³/mol. The van der Waals surface area contributed by atoms with Crippen LogP contribution in [0.5, 0.6) is 0 Å². The maximum Gasteiger partial charge on any atom is 0.245 e. The molecule has 0 saturated heterocycles. The summed E-state index contributed by atoms with van der Waals surface area (Å²) < 4.78 is 26.1. The van der Waals surface area contributed by atoms with Crippen LogP contribution in [0.2, 0.25) is 0 Å². The fraction of sp³-hybridized carbons (Fsp3) is 0.250. The first kappa shape index (κ1) is 14.0. The van der Waals surface area contributed by atoms with Crippen LogP contribution >= 0.6 is 11.3 Å². The molecule has 7 heteroatoms. The van der Waals surface area contributed by atoms with Gasteiger partial charge in [0.05, 0.1) is 10.7 Å². The van der Waals surface area contributed by atoms with E-state index in [0.717, 1.165) is 9.88 Å². The van der Waals surface area contributed by atoms with Crippen LogP contribution in [-0.4, -0.2) is 24.8 Å². The molecule has 0 aliphatic rings. The van der Waals surface area contributed by atoms with Crippen LogP contribution in [0.1, 0.15) is 9.88 Å². The van der Waals surface area contributed by atoms with Crippen molar-refractivity contribution in [1.29, 1.82) is 0 Å². The highest BCUT2D eigenvalue weighted by atomic mass is 32.2. The van der Waals surface area contributed by atoms with Crippen LogP contribution in [0.4, 0.5) is 5.69 Å². The summed E-state index contributed by atoms with van der Waals surface area (Å²) in [5.41, 5.74) is 5.99. The summed E-state index contributed by atoms with van der Waals surface area (Å²) >= 11 is 1.48. The Kier molecular flexibility index (Phi) is 3.88. The Morgan fingerprint density at radius 3 is 2.63 bits per heavy atom. The van der Waals surface area contributed by atoms with Crippen molar-refractivity contribution in [3.8, 4) is 0 Å². The minimum absolute atomic E-state index is 0.138. The van der Waals surface area contributed by atoms with E-state index in [2.05, 4.69) is 4.98 Å². The summed E-state index contributed by atoms with van der Waals surface area (Å²) in [5, 5.41) is 0.917. The standard InChI is InChI=1S/C12H15N3O2S2/c1-9-14-7-10(18-9)8-15(2)19(16,17)12-6-4-3-5-11(12)13/h3-7H,8,13H2,1-2H3. The molecule has 5 nitrogen and oxygen atoms in total. The lowest BCUT2D eigenvalue weighted by Gasteiger charge is -2.17. The van der Waals surface area contributed by atoms with Gasteiger partial charge in [-0.2, -0.15) is 4.31 Å². The molecule has 0 aliphatic carbocycles. The van der Waals surface area contributed by atoms with E-state index in [1.807, 2.05) is 6.92 Å². The Morgan fingerprint density at radius 2 is 2.05 bits per heavy atom. The van der Waals surface area contributed by atoms with Gasteiger partial charge >= 0.3 is 0 Å². The van der Waals surface area contributed by atoms with Gasteiger partial charge < -0.3 is 5.73 Å². The zero-order valence-electron chi connectivity index (χ0n) is 10.7. The number of hydrogen-bond donors (Lipinski definition) is 1. The highest BCUT2D eigenvalue weighted by Crippen LogP contribution is 2.23. The third-order valence-corrected chi connectivity index (χ3v) is 5.43. The van der Waals surface area contributed by atoms with Crippen molar-refractivity contribution in [2.75, 3.05) is 12.8 Å². The van der Waals surface area contributed by atoms with Crippen LogP contribution in [0.3, 0.4) is 0 Å². The van der Waals surface area contributed by atoms with E-state index in [1.165, 1.54) is 28.8 Å². The molecule has 1 aromatic heterocycles. The molecule has 1 aromatic carbocycles. The first-order valence-corrected chi connectivity index (χ1v) is 7.89. The minimum Gasteiger partial charge on any atom is -0.398 e. The predicted octanol–water partition coefficient (Wildman–Crippen LogP) is 1.85. The van der Waals surface area contributed by atoms with Gasteiger partial charge in [0.2, 0.25) is 10.0 Å². The number of nitrogens with two attached hydrogens (primary N) is 1. The second-order valence-electron chi connectivity index (χ2n) is 4.14. The number of sulfonamides is 1. The second-order valence-corrected chi connectivity index (χ2v) is 7.48. The number of para-hydroxylation sites is 1. The molecule has 2 rings (SSSR count). The Morgan fingerprint density at radius 1 is 1.37 bits per heavy atom. The molecular formula is C12H15N3O2S2. The molecule has 102 valence electrons. The molecule has 0 amide bonds. The van der Waals surface area contributed by atoms with Crippen molar-refractivity contribution in [1.82, 2.24) is 9.29 Å². The highest BCUT2D eigenvalue weighted by molar-refractivity contribution is 7.89. The Hall–Kier alpha value is -1.44. The van der Waals surface area contributed by atoms with Crippen LogP contribution < -0.4 is 5.73 Å². The Bertz CT molecular complexity index is 680. The summed E-state index contributed by atoms with van der Waals surface area (Å²) in [4.78, 5) is 5.15. The van der Waals surface area contributed by atoms with Crippen LogP contribution in [0.15, 0.2) is 35.4 Å². The van der Waals surface area contributed by atoms with Crippen molar-refractivity contribution < 1.29 is 8.42 Å². The first-order chi connectivity index (χ1) is 8.91. The summed E-state index contributed by atoms with van der Waals surface area (Å²) in [6.07, 6.45) is 1.69. The average molecular weight is 297 g/mol. The van der Waals surface area contributed by atoms with Gasteiger partial charge in [-0.15, -0.1) is 11.3 Å². The van der Waals surface area contributed by atoms with Crippen LogP contribution in [0.25, 0.3) is 0 Å². The van der Waals surface area contributed by atoms with Crippen molar-refractivity contribution in [2.45, 2.75) is 18.4 Å². The summed E-state index contributed by atoms with van der Waals surface area (Å²) in [6, 6.07) is 6.46. The summed E-state index contributed by atoms with van der Waals surface area (Å²) in [6.45, 7) is 2.18. The van der Waals surface area contributed by atoms with Gasteiger partial charge in [-0.3, -0.25) is 0 Å². The third kappa shape index (κ3) is 2.94. The number of rotatable bonds is 4. The zero-order chi connectivity index (χ0) is 14.0. The number of thiazole rings is 1. The molecule has 19 heavy (non-hydrogen) atoms. The molecule has 1 heterocycles. The van der Waals surface area contributed by atoms with Crippen LogP contribution in [-0.2, 0) is 16.6 Å². The van der Waals surface area contributed by atoms with Gasteiger partial charge in [0.25, 0.3) is 0 Å². The zero-order valence-corrected chi connectivity index (χ0v) is 12.3. The van der Waals surface area contributed by atoms with E-state index in [1.54, 1.807) is 24.4 Å². The van der Waals surface area contributed by atoms with E-state index in [0.29, 0.717) is 6.54 Å². The molecule has 2 aromatic rings. The molecule has 2 N–H and O–H groups in total. The van der Waals surface area contributed by atoms with Crippen molar-refractivity contribution in [3.63, 3.8) is 0 Å². The molecule has 0 spiro atoms. The van der Waals surface area contributed by atoms with Crippen LogP contribution in [0, 0.1) is 6.92 Å². The molecule has 0 saturated carbocycles. The number of aromatic nitrogens is 1. The largest absolute Gasteiger partial charge is 0.398 e. The smallest absolute Gasteiger partial charge is 0.245 e. The van der Waals surface area contributed by atoms with E-state index in [-0.39, 0.29) is 10.6 Å². The molecule has 0 radical (unpaired) electrons. The average Bonchev–Trinajstić information content (AvgIpc) is 2.75. The first-order valence-electron chi connectivity index (χ1n) is 5.63. The molecule has 0 aliphatic heterocycles. The lowest BCUT2D eigenvalue weighted by Crippen LogP contribution is -2.26. The van der Waals surface area contributed by atoms with E-state index in [9.17, 15) is 8.42 Å². The minimum atomic E-state index is -3.57. The normalized spacial score (nSPS) is 11.9. The number of anilines is 1. The SMILES string of the molecule is Cc1ncc(CN(C)S(=O)(=O)c2ccccc2N)s1. The summed E-state index contributed by atoms with van der Waals surface area (Å²) in [7, 11) is -2.03. The van der Waals surface area contributed by atoms with Crippen molar-refractivity contribution in [2.24, 2.45) is 0 Å². The fourth-order valence-electron chi connectivity index (χ4n) is 1.67. The quantitative estimate of drug-likeness (QED) is 0.874. The second kappa shape index (κ2) is 5.28. The fourth-order valence-corrected chi connectivity index (χ4v) is 3.86. The van der Waals surface area contributed by atoms with Gasteiger partial charge in [-0.1, -0.05) is 12.1 Å². The Balaban J connectivity index is 2.27. The number of benzene rings is 1. The van der Waals surface area contributed by atoms with Gasteiger partial charge in [0, 0.05) is 24.7 Å². The summed E-state index contributed by atoms with van der Waals surface area (Å²) in [5.74, 6) is 0. The third-order valence-electron chi connectivity index (χ3n) is 2.65. The number of nitrogens with zero attached hydrogens (tertiary/aromatic N) is 2. The molecule has 0 unspecified atom stereocenters. The molecule has 0 atom stereocenters. The molecule has 0 bridgehead atoms. The molecular weight excluding hydrogens is 282 g/mol. The van der Waals surface area contributed by atoms with Crippen molar-refractivity contribution >= 4 is 27.0 Å². The number of hydrogen-bond acceptors (Lipinski definition) is 5. The lowest BCUT2D eigenvalue weighted by molar-refractivity contribution is 0.470. The van der Waals surface area contributed by atoms with E-state index >= 15 is 0 Å². The monoisotopic (exact) mass is 297 g/mol. The highest BCUT2D eigenvalue weighted by Gasteiger charge is 2.23. The maximum atomic E-state index is 12.4. The number of nitrogen functional groups attached to an aromatic ring is 1. The number of aryl methyl sites for hydroxylation is 1. The van der Waals surface area contributed by atoms with Gasteiger partial charge in [-0.25, -0.2) is 13.4 Å². The van der Waals surface area contributed by atoms with E-state index < -0.39 is 10.0 Å². The van der Waals surface area contributed by atoms with Gasteiger partial charge in [-0.05, 0) is 19.1 Å². The molecule has 0 fully saturated rings. The Labute approximate surface area is 116 Å². The lowest BCUT2D eigenvalue weighted by atomic mass is 10.3. The van der Waals surface area contributed by atoms with E-state index in [4.69, 9.17) is 5.73 Å². The van der Waals surface area contributed by atoms with Gasteiger partial charge in [0.1, 0.15) is 4.90 Å². The van der Waals surface area contributed by atoms with Gasteiger partial charge in [0.15, 0.2) is 0 Å². The topological polar surface area (TPSA) is 76.3 Å².